The molecule has 1 saturated heterocycles. The van der Waals surface area contributed by atoms with Crippen LogP contribution in [0.3, 0.4) is 0 Å². The normalized spacial score (nSPS) is 16.4. The second-order valence-corrected chi connectivity index (χ2v) is 7.45. The van der Waals surface area contributed by atoms with Crippen molar-refractivity contribution in [1.82, 2.24) is 0 Å². The van der Waals surface area contributed by atoms with Crippen LogP contribution in [-0.2, 0) is 9.59 Å². The van der Waals surface area contributed by atoms with Crippen molar-refractivity contribution in [3.05, 3.63) is 83.4 Å². The summed E-state index contributed by atoms with van der Waals surface area (Å²) in [7, 11) is 3.07. The van der Waals surface area contributed by atoms with Crippen molar-refractivity contribution < 1.29 is 19.1 Å². The summed E-state index contributed by atoms with van der Waals surface area (Å²) in [5, 5.41) is 0.556. The summed E-state index contributed by atoms with van der Waals surface area (Å²) in [5.74, 6) is 0.601. The molecule has 1 atom stereocenters. The van der Waals surface area contributed by atoms with Crippen molar-refractivity contribution in [3.63, 3.8) is 0 Å². The van der Waals surface area contributed by atoms with E-state index in [1.807, 2.05) is 30.3 Å². The van der Waals surface area contributed by atoms with Gasteiger partial charge in [0.05, 0.1) is 19.9 Å². The Morgan fingerprint density at radius 2 is 1.61 bits per heavy atom. The molecule has 1 fully saturated rings. The molecule has 0 radical (unpaired) electrons. The minimum absolute atomic E-state index is 0.118. The lowest BCUT2D eigenvalue weighted by molar-refractivity contribution is -0.128. The number of hydrogen-bond donors (Lipinski definition) is 0. The van der Waals surface area contributed by atoms with Crippen LogP contribution in [0.15, 0.2) is 72.8 Å². The summed E-state index contributed by atoms with van der Waals surface area (Å²) in [4.78, 5) is 30.1. The van der Waals surface area contributed by atoms with Crippen LogP contribution in [0.25, 0.3) is 0 Å². The lowest BCUT2D eigenvalue weighted by Crippen LogP contribution is -2.56. The Kier molecular flexibility index (Phi) is 5.82. The van der Waals surface area contributed by atoms with E-state index in [9.17, 15) is 9.59 Å². The van der Waals surface area contributed by atoms with Gasteiger partial charge in [0, 0.05) is 16.8 Å². The monoisotopic (exact) mass is 436 g/mol. The Morgan fingerprint density at radius 1 is 0.903 bits per heavy atom. The molecule has 3 aromatic rings. The fraction of sp³-hybridized carbons (Fsp3) is 0.167. The molecule has 0 N–H and O–H groups in total. The lowest BCUT2D eigenvalue weighted by atomic mass is 9.99. The minimum atomic E-state index is -0.824. The number of ether oxygens (including phenoxy) is 2. The van der Waals surface area contributed by atoms with Gasteiger partial charge in [0.2, 0.25) is 5.91 Å². The van der Waals surface area contributed by atoms with Crippen molar-refractivity contribution in [3.8, 4) is 11.5 Å². The molecule has 4 rings (SSSR count). The van der Waals surface area contributed by atoms with Crippen LogP contribution in [0.1, 0.15) is 11.6 Å². The average molecular weight is 437 g/mol. The summed E-state index contributed by atoms with van der Waals surface area (Å²) >= 11 is 6.03. The van der Waals surface area contributed by atoms with Crippen LogP contribution in [0.5, 0.6) is 11.5 Å². The Balaban J connectivity index is 1.81. The Labute approximate surface area is 185 Å². The SMILES string of the molecule is COc1ccc(N2CC(=O)N(c3ccc(Cl)cc3)[C@H](c3ccccc3)C2=O)c(OC)c1. The highest BCUT2D eigenvalue weighted by molar-refractivity contribution is 6.30. The van der Waals surface area contributed by atoms with Crippen LogP contribution in [0.4, 0.5) is 11.4 Å². The minimum Gasteiger partial charge on any atom is -0.497 e. The number of carbonyl (C=O) groups is 2. The van der Waals surface area contributed by atoms with E-state index >= 15 is 0 Å². The zero-order chi connectivity index (χ0) is 22.0. The predicted molar refractivity (Wildman–Crippen MR) is 120 cm³/mol. The standard InChI is InChI=1S/C24H21ClN2O4/c1-30-19-12-13-20(21(14-19)31-2)26-15-22(28)27(18-10-8-17(25)9-11-18)23(24(26)29)16-6-4-3-5-7-16/h3-14,23H,15H2,1-2H3/t23-/m1/s1. The molecule has 7 heteroatoms. The van der Waals surface area contributed by atoms with E-state index in [2.05, 4.69) is 0 Å². The number of halogens is 1. The van der Waals surface area contributed by atoms with Crippen molar-refractivity contribution in [2.45, 2.75) is 6.04 Å². The van der Waals surface area contributed by atoms with Crippen molar-refractivity contribution in [1.29, 1.82) is 0 Å². The van der Waals surface area contributed by atoms with Gasteiger partial charge in [-0.2, -0.15) is 0 Å². The van der Waals surface area contributed by atoms with Crippen LogP contribution in [-0.4, -0.2) is 32.6 Å². The van der Waals surface area contributed by atoms with Crippen LogP contribution >= 0.6 is 11.6 Å². The van der Waals surface area contributed by atoms with Crippen molar-refractivity contribution in [2.24, 2.45) is 0 Å². The zero-order valence-electron chi connectivity index (χ0n) is 17.1. The van der Waals surface area contributed by atoms with Gasteiger partial charge in [-0.1, -0.05) is 41.9 Å². The molecule has 2 amide bonds. The molecule has 1 heterocycles. The number of amides is 2. The van der Waals surface area contributed by atoms with Gasteiger partial charge in [0.15, 0.2) is 0 Å². The maximum atomic E-state index is 13.8. The molecule has 0 aliphatic carbocycles. The third-order valence-corrected chi connectivity index (χ3v) is 5.47. The van der Waals surface area contributed by atoms with E-state index in [0.717, 1.165) is 0 Å². The van der Waals surface area contributed by atoms with Gasteiger partial charge in [-0.15, -0.1) is 0 Å². The molecule has 0 spiro atoms. The molecule has 0 bridgehead atoms. The highest BCUT2D eigenvalue weighted by Crippen LogP contribution is 2.39. The summed E-state index contributed by atoms with van der Waals surface area (Å²) in [5.41, 5.74) is 1.84. The highest BCUT2D eigenvalue weighted by atomic mass is 35.5. The van der Waals surface area contributed by atoms with E-state index in [0.29, 0.717) is 33.5 Å². The fourth-order valence-electron chi connectivity index (χ4n) is 3.72. The molecule has 1 aliphatic heterocycles. The molecular weight excluding hydrogens is 416 g/mol. The van der Waals surface area contributed by atoms with Crippen molar-refractivity contribution in [2.75, 3.05) is 30.6 Å². The molecular formula is C24H21ClN2O4. The van der Waals surface area contributed by atoms with E-state index in [1.54, 1.807) is 49.6 Å². The van der Waals surface area contributed by atoms with E-state index < -0.39 is 6.04 Å². The third kappa shape index (κ3) is 3.94. The van der Waals surface area contributed by atoms with Gasteiger partial charge in [-0.25, -0.2) is 0 Å². The van der Waals surface area contributed by atoms with Crippen LogP contribution in [0, 0.1) is 0 Å². The van der Waals surface area contributed by atoms with Crippen LogP contribution < -0.4 is 19.3 Å². The quantitative estimate of drug-likeness (QED) is 0.591. The average Bonchev–Trinajstić information content (AvgIpc) is 2.81. The summed E-state index contributed by atoms with van der Waals surface area (Å²) in [6, 6.07) is 20.5. The number of piperazine rings is 1. The maximum Gasteiger partial charge on any atom is 0.255 e. The first-order chi connectivity index (χ1) is 15.0. The topological polar surface area (TPSA) is 59.1 Å². The largest absolute Gasteiger partial charge is 0.497 e. The number of carbonyl (C=O) groups excluding carboxylic acids is 2. The molecule has 6 nitrogen and oxygen atoms in total. The van der Waals surface area contributed by atoms with Gasteiger partial charge < -0.3 is 9.47 Å². The van der Waals surface area contributed by atoms with Gasteiger partial charge in [-0.05, 0) is 42.0 Å². The number of benzene rings is 3. The Morgan fingerprint density at radius 3 is 2.26 bits per heavy atom. The number of anilines is 2. The summed E-state index contributed by atoms with van der Waals surface area (Å²) < 4.78 is 10.7. The van der Waals surface area contributed by atoms with Gasteiger partial charge in [0.1, 0.15) is 24.1 Å². The second kappa shape index (κ2) is 8.70. The van der Waals surface area contributed by atoms with E-state index in [1.165, 1.54) is 16.9 Å². The maximum absolute atomic E-state index is 13.8. The molecule has 31 heavy (non-hydrogen) atoms. The summed E-state index contributed by atoms with van der Waals surface area (Å²) in [6.45, 7) is -0.118. The third-order valence-electron chi connectivity index (χ3n) is 5.22. The van der Waals surface area contributed by atoms with Gasteiger partial charge in [-0.3, -0.25) is 19.4 Å². The van der Waals surface area contributed by atoms with Crippen molar-refractivity contribution >= 4 is 34.8 Å². The number of hydrogen-bond acceptors (Lipinski definition) is 4. The van der Waals surface area contributed by atoms with Gasteiger partial charge in [0.25, 0.3) is 5.91 Å². The molecule has 158 valence electrons. The molecule has 0 unspecified atom stereocenters. The predicted octanol–water partition coefficient (Wildman–Crippen LogP) is 4.48. The smallest absolute Gasteiger partial charge is 0.255 e. The van der Waals surface area contributed by atoms with Crippen LogP contribution in [0.2, 0.25) is 5.02 Å². The molecule has 0 saturated carbocycles. The molecule has 1 aliphatic rings. The summed E-state index contributed by atoms with van der Waals surface area (Å²) in [6.07, 6.45) is 0. The van der Waals surface area contributed by atoms with E-state index in [4.69, 9.17) is 21.1 Å². The second-order valence-electron chi connectivity index (χ2n) is 7.02. The first kappa shape index (κ1) is 20.8. The highest BCUT2D eigenvalue weighted by Gasteiger charge is 2.42. The first-order valence-electron chi connectivity index (χ1n) is 9.69. The number of nitrogens with zero attached hydrogens (tertiary/aromatic N) is 2. The van der Waals surface area contributed by atoms with Gasteiger partial charge >= 0.3 is 0 Å². The zero-order valence-corrected chi connectivity index (χ0v) is 17.9. The fourth-order valence-corrected chi connectivity index (χ4v) is 3.85. The van der Waals surface area contributed by atoms with E-state index in [-0.39, 0.29) is 18.4 Å². The first-order valence-corrected chi connectivity index (χ1v) is 10.1. The lowest BCUT2D eigenvalue weighted by Gasteiger charge is -2.40. The Bertz CT molecular complexity index is 1100. The Hall–Kier alpha value is -3.51. The molecule has 3 aromatic carbocycles. The number of methoxy groups -OCH3 is 2. The number of rotatable bonds is 5. The molecule has 0 aromatic heterocycles.